The number of aromatic nitrogens is 1. The fourth-order valence-electron chi connectivity index (χ4n) is 1.50. The molecule has 6 heteroatoms. The van der Waals surface area contributed by atoms with E-state index in [4.69, 9.17) is 0 Å². The van der Waals surface area contributed by atoms with Crippen LogP contribution in [0.4, 0.5) is 5.69 Å². The largest absolute Gasteiger partial charge is 0.317 e. The van der Waals surface area contributed by atoms with Crippen molar-refractivity contribution in [2.45, 2.75) is 26.7 Å². The molecule has 0 saturated carbocycles. The molecule has 18 heavy (non-hydrogen) atoms. The third-order valence-electron chi connectivity index (χ3n) is 2.48. The Balaban J connectivity index is 2.43. The number of pyridine rings is 1. The average Bonchev–Trinajstić information content (AvgIpc) is 2.31. The maximum atomic E-state index is 11.8. The van der Waals surface area contributed by atoms with Gasteiger partial charge in [-0.05, 0) is 44.5 Å². The van der Waals surface area contributed by atoms with Crippen molar-refractivity contribution < 1.29 is 8.42 Å². The van der Waals surface area contributed by atoms with Gasteiger partial charge in [-0.3, -0.25) is 9.71 Å². The Hall–Kier alpha value is -1.14. The average molecular weight is 271 g/mol. The Bertz CT molecular complexity index is 460. The Morgan fingerprint density at radius 2 is 2.11 bits per heavy atom. The minimum absolute atomic E-state index is 0.130. The quantitative estimate of drug-likeness (QED) is 0.703. The Labute approximate surface area is 109 Å². The topological polar surface area (TPSA) is 71.1 Å². The number of sulfonamides is 1. The molecule has 0 bridgehead atoms. The summed E-state index contributed by atoms with van der Waals surface area (Å²) in [4.78, 5) is 3.93. The first-order chi connectivity index (χ1) is 8.55. The van der Waals surface area contributed by atoms with Crippen LogP contribution in [-0.2, 0) is 10.0 Å². The number of nitrogens with one attached hydrogen (secondary N) is 2. The first-order valence-electron chi connectivity index (χ1n) is 6.17. The lowest BCUT2D eigenvalue weighted by Gasteiger charge is -2.10. The summed E-state index contributed by atoms with van der Waals surface area (Å²) in [6.07, 6.45) is 4.88. The minimum atomic E-state index is -3.26. The molecular formula is C12H21N3O2S. The molecule has 0 saturated heterocycles. The zero-order valence-corrected chi connectivity index (χ0v) is 11.8. The predicted octanol–water partition coefficient (Wildman–Crippen LogP) is 1.52. The molecule has 1 rings (SSSR count). The summed E-state index contributed by atoms with van der Waals surface area (Å²) in [6.45, 7) is 5.56. The van der Waals surface area contributed by atoms with E-state index < -0.39 is 10.0 Å². The summed E-state index contributed by atoms with van der Waals surface area (Å²) in [7, 11) is -3.26. The highest BCUT2D eigenvalue weighted by Crippen LogP contribution is 2.13. The van der Waals surface area contributed by atoms with Gasteiger partial charge in [0.15, 0.2) is 0 Å². The van der Waals surface area contributed by atoms with E-state index in [2.05, 4.69) is 21.9 Å². The number of anilines is 1. The Kier molecular flexibility index (Phi) is 6.07. The van der Waals surface area contributed by atoms with E-state index >= 15 is 0 Å². The second-order valence-corrected chi connectivity index (χ2v) is 6.06. The SMILES string of the molecule is CCCNCCCS(=O)(=O)Nc1ccncc1C. The summed E-state index contributed by atoms with van der Waals surface area (Å²) in [5.74, 6) is 0.130. The van der Waals surface area contributed by atoms with Crippen molar-refractivity contribution in [3.63, 3.8) is 0 Å². The molecule has 5 nitrogen and oxygen atoms in total. The van der Waals surface area contributed by atoms with Crippen molar-refractivity contribution in [3.05, 3.63) is 24.0 Å². The van der Waals surface area contributed by atoms with Crippen LogP contribution in [0.5, 0.6) is 0 Å². The van der Waals surface area contributed by atoms with E-state index in [1.165, 1.54) is 0 Å². The summed E-state index contributed by atoms with van der Waals surface area (Å²) in [5, 5.41) is 3.18. The molecule has 0 aliphatic carbocycles. The first kappa shape index (κ1) is 14.9. The lowest BCUT2D eigenvalue weighted by Crippen LogP contribution is -2.22. The molecule has 0 radical (unpaired) electrons. The van der Waals surface area contributed by atoms with Crippen molar-refractivity contribution in [2.75, 3.05) is 23.6 Å². The highest BCUT2D eigenvalue weighted by atomic mass is 32.2. The highest BCUT2D eigenvalue weighted by molar-refractivity contribution is 7.92. The Morgan fingerprint density at radius 3 is 2.78 bits per heavy atom. The second-order valence-electron chi connectivity index (χ2n) is 4.22. The number of hydrogen-bond donors (Lipinski definition) is 2. The molecule has 1 aromatic rings. The summed E-state index contributed by atoms with van der Waals surface area (Å²) < 4.78 is 26.2. The van der Waals surface area contributed by atoms with Crippen LogP contribution in [0, 0.1) is 6.92 Å². The molecule has 0 fully saturated rings. The van der Waals surface area contributed by atoms with Gasteiger partial charge in [-0.1, -0.05) is 6.92 Å². The number of rotatable bonds is 8. The van der Waals surface area contributed by atoms with E-state index in [1.54, 1.807) is 18.5 Å². The number of nitrogens with zero attached hydrogens (tertiary/aromatic N) is 1. The standard InChI is InChI=1S/C12H21N3O2S/c1-3-6-13-7-4-9-18(16,17)15-12-5-8-14-10-11(12)2/h5,8,10,13H,3-4,6-7,9H2,1-2H3,(H,14,15). The molecular weight excluding hydrogens is 250 g/mol. The molecule has 1 heterocycles. The van der Waals surface area contributed by atoms with Crippen LogP contribution in [0.1, 0.15) is 25.3 Å². The molecule has 102 valence electrons. The minimum Gasteiger partial charge on any atom is -0.317 e. The van der Waals surface area contributed by atoms with E-state index in [0.717, 1.165) is 25.1 Å². The van der Waals surface area contributed by atoms with Gasteiger partial charge in [-0.25, -0.2) is 8.42 Å². The van der Waals surface area contributed by atoms with E-state index in [9.17, 15) is 8.42 Å². The Morgan fingerprint density at radius 1 is 1.33 bits per heavy atom. The van der Waals surface area contributed by atoms with Gasteiger partial charge in [0.25, 0.3) is 0 Å². The van der Waals surface area contributed by atoms with Crippen LogP contribution < -0.4 is 10.0 Å². The third-order valence-corrected chi connectivity index (χ3v) is 3.84. The summed E-state index contributed by atoms with van der Waals surface area (Å²) in [6, 6.07) is 1.67. The molecule has 0 amide bonds. The zero-order valence-electron chi connectivity index (χ0n) is 10.9. The first-order valence-corrected chi connectivity index (χ1v) is 7.82. The molecule has 1 aromatic heterocycles. The highest BCUT2D eigenvalue weighted by Gasteiger charge is 2.11. The maximum absolute atomic E-state index is 11.8. The van der Waals surface area contributed by atoms with Crippen molar-refractivity contribution in [1.82, 2.24) is 10.3 Å². The molecule has 0 aliphatic rings. The molecule has 0 aliphatic heterocycles. The van der Waals surface area contributed by atoms with Gasteiger partial charge in [-0.2, -0.15) is 0 Å². The van der Waals surface area contributed by atoms with Crippen LogP contribution >= 0.6 is 0 Å². The zero-order chi connectivity index (χ0) is 13.4. The van der Waals surface area contributed by atoms with Crippen molar-refractivity contribution in [2.24, 2.45) is 0 Å². The molecule has 0 unspecified atom stereocenters. The van der Waals surface area contributed by atoms with Gasteiger partial charge in [0.2, 0.25) is 10.0 Å². The van der Waals surface area contributed by atoms with Crippen molar-refractivity contribution in [3.8, 4) is 0 Å². The smallest absolute Gasteiger partial charge is 0.232 e. The molecule has 2 N–H and O–H groups in total. The predicted molar refractivity (Wildman–Crippen MR) is 74.2 cm³/mol. The van der Waals surface area contributed by atoms with Crippen LogP contribution in [0.2, 0.25) is 0 Å². The number of hydrogen-bond acceptors (Lipinski definition) is 4. The van der Waals surface area contributed by atoms with E-state index in [-0.39, 0.29) is 5.75 Å². The van der Waals surface area contributed by atoms with Crippen molar-refractivity contribution in [1.29, 1.82) is 0 Å². The second kappa shape index (κ2) is 7.33. The van der Waals surface area contributed by atoms with Gasteiger partial charge in [-0.15, -0.1) is 0 Å². The van der Waals surface area contributed by atoms with Gasteiger partial charge in [0.1, 0.15) is 0 Å². The fourth-order valence-corrected chi connectivity index (χ4v) is 2.69. The lowest BCUT2D eigenvalue weighted by molar-refractivity contribution is 0.593. The van der Waals surface area contributed by atoms with Crippen LogP contribution in [0.3, 0.4) is 0 Å². The summed E-state index contributed by atoms with van der Waals surface area (Å²) >= 11 is 0. The van der Waals surface area contributed by atoms with Gasteiger partial charge < -0.3 is 5.32 Å². The van der Waals surface area contributed by atoms with Crippen LogP contribution in [0.15, 0.2) is 18.5 Å². The van der Waals surface area contributed by atoms with Gasteiger partial charge >= 0.3 is 0 Å². The monoisotopic (exact) mass is 271 g/mol. The van der Waals surface area contributed by atoms with E-state index in [0.29, 0.717) is 12.1 Å². The fraction of sp³-hybridized carbons (Fsp3) is 0.583. The van der Waals surface area contributed by atoms with Gasteiger partial charge in [0.05, 0.1) is 11.4 Å². The summed E-state index contributed by atoms with van der Waals surface area (Å²) in [5.41, 5.74) is 1.43. The van der Waals surface area contributed by atoms with Gasteiger partial charge in [0, 0.05) is 12.4 Å². The van der Waals surface area contributed by atoms with E-state index in [1.807, 2.05) is 6.92 Å². The third kappa shape index (κ3) is 5.46. The lowest BCUT2D eigenvalue weighted by atomic mass is 10.3. The molecule has 0 spiro atoms. The molecule has 0 atom stereocenters. The van der Waals surface area contributed by atoms with Crippen LogP contribution in [0.25, 0.3) is 0 Å². The maximum Gasteiger partial charge on any atom is 0.232 e. The normalized spacial score (nSPS) is 11.4. The number of aryl methyl sites for hydroxylation is 1. The molecule has 0 aromatic carbocycles. The van der Waals surface area contributed by atoms with Crippen LogP contribution in [-0.4, -0.2) is 32.2 Å². The van der Waals surface area contributed by atoms with Crippen molar-refractivity contribution >= 4 is 15.7 Å².